The van der Waals surface area contributed by atoms with E-state index in [1.807, 2.05) is 60.7 Å². The van der Waals surface area contributed by atoms with Crippen LogP contribution in [0.3, 0.4) is 0 Å². The average Bonchev–Trinajstić information content (AvgIpc) is 3.38. The number of hydrogen-bond donors (Lipinski definition) is 1. The number of carbonyl (C=O) groups is 1. The van der Waals surface area contributed by atoms with Gasteiger partial charge in [-0.05, 0) is 30.5 Å². The van der Waals surface area contributed by atoms with E-state index < -0.39 is 0 Å². The first-order valence-electron chi connectivity index (χ1n) is 8.14. The van der Waals surface area contributed by atoms with Crippen LogP contribution in [0.25, 0.3) is 0 Å². The molecule has 1 aliphatic carbocycles. The molecule has 1 N–H and O–H groups in total. The van der Waals surface area contributed by atoms with E-state index in [1.54, 1.807) is 4.90 Å². The number of benzene rings is 2. The molecule has 1 saturated carbocycles. The zero-order chi connectivity index (χ0) is 16.4. The first kappa shape index (κ1) is 14.6. The maximum Gasteiger partial charge on any atom is 0.298 e. The number of carbonyl (C=O) groups excluding carboxylic acids is 1. The number of hydrogen-bond acceptors (Lipinski definition) is 3. The fourth-order valence-corrected chi connectivity index (χ4v) is 2.68. The number of anilines is 1. The van der Waals surface area contributed by atoms with E-state index in [4.69, 9.17) is 0 Å². The normalized spacial score (nSPS) is 13.7. The highest BCUT2D eigenvalue weighted by atomic mass is 16.2. The Morgan fingerprint density at radius 2 is 1.71 bits per heavy atom. The summed E-state index contributed by atoms with van der Waals surface area (Å²) in [4.78, 5) is 19.1. The van der Waals surface area contributed by atoms with Gasteiger partial charge in [-0.2, -0.15) is 0 Å². The molecule has 1 aromatic heterocycles. The maximum absolute atomic E-state index is 13.0. The first-order chi connectivity index (χ1) is 11.8. The van der Waals surface area contributed by atoms with Crippen LogP contribution in [0.1, 0.15) is 40.8 Å². The lowest BCUT2D eigenvalue weighted by Crippen LogP contribution is -2.31. The number of H-pyrrole nitrogens is 1. The summed E-state index contributed by atoms with van der Waals surface area (Å²) in [5.74, 6) is 1.31. The molecular formula is C19H18N4O. The summed E-state index contributed by atoms with van der Waals surface area (Å²) in [6.07, 6.45) is 2.24. The number of rotatable bonds is 5. The van der Waals surface area contributed by atoms with Crippen molar-refractivity contribution < 1.29 is 4.79 Å². The van der Waals surface area contributed by atoms with Crippen molar-refractivity contribution in [1.29, 1.82) is 0 Å². The van der Waals surface area contributed by atoms with Crippen LogP contribution in [0.5, 0.6) is 0 Å². The van der Waals surface area contributed by atoms with Gasteiger partial charge >= 0.3 is 0 Å². The molecule has 24 heavy (non-hydrogen) atoms. The maximum atomic E-state index is 13.0. The first-order valence-corrected chi connectivity index (χ1v) is 8.14. The van der Waals surface area contributed by atoms with Gasteiger partial charge in [0.15, 0.2) is 0 Å². The van der Waals surface area contributed by atoms with Gasteiger partial charge in [-0.25, -0.2) is 4.98 Å². The summed E-state index contributed by atoms with van der Waals surface area (Å²) in [5, 5.41) is 7.05. The molecule has 0 aliphatic heterocycles. The van der Waals surface area contributed by atoms with Crippen LogP contribution in [-0.2, 0) is 6.54 Å². The quantitative estimate of drug-likeness (QED) is 0.783. The number of para-hydroxylation sites is 1. The molecule has 1 heterocycles. The van der Waals surface area contributed by atoms with E-state index >= 15 is 0 Å². The molecule has 0 radical (unpaired) electrons. The second-order valence-corrected chi connectivity index (χ2v) is 6.03. The smallest absolute Gasteiger partial charge is 0.298 e. The Kier molecular flexibility index (Phi) is 3.83. The van der Waals surface area contributed by atoms with Gasteiger partial charge in [0.1, 0.15) is 5.82 Å². The molecule has 1 amide bonds. The van der Waals surface area contributed by atoms with Crippen LogP contribution >= 0.6 is 0 Å². The van der Waals surface area contributed by atoms with E-state index in [0.29, 0.717) is 12.5 Å². The van der Waals surface area contributed by atoms with E-state index in [9.17, 15) is 4.79 Å². The van der Waals surface area contributed by atoms with Crippen LogP contribution in [0, 0.1) is 0 Å². The van der Waals surface area contributed by atoms with E-state index in [-0.39, 0.29) is 11.7 Å². The van der Waals surface area contributed by atoms with Crippen molar-refractivity contribution in [2.24, 2.45) is 0 Å². The van der Waals surface area contributed by atoms with Crippen molar-refractivity contribution in [2.45, 2.75) is 25.3 Å². The summed E-state index contributed by atoms with van der Waals surface area (Å²) in [5.41, 5.74) is 1.90. The molecule has 1 fully saturated rings. The van der Waals surface area contributed by atoms with Crippen molar-refractivity contribution >= 4 is 11.6 Å². The van der Waals surface area contributed by atoms with Gasteiger partial charge in [0.05, 0.1) is 6.54 Å². The summed E-state index contributed by atoms with van der Waals surface area (Å²) in [7, 11) is 0. The average molecular weight is 318 g/mol. The fraction of sp³-hybridized carbons (Fsp3) is 0.211. The van der Waals surface area contributed by atoms with Crippen LogP contribution < -0.4 is 4.90 Å². The second kappa shape index (κ2) is 6.28. The third-order valence-corrected chi connectivity index (χ3v) is 4.15. The summed E-state index contributed by atoms with van der Waals surface area (Å²) < 4.78 is 0. The zero-order valence-corrected chi connectivity index (χ0v) is 13.2. The minimum atomic E-state index is -0.187. The fourth-order valence-electron chi connectivity index (χ4n) is 2.68. The molecule has 5 heteroatoms. The van der Waals surface area contributed by atoms with Crippen molar-refractivity contribution in [3.8, 4) is 0 Å². The van der Waals surface area contributed by atoms with Crippen LogP contribution in [0.4, 0.5) is 5.69 Å². The Hall–Kier alpha value is -2.95. The third-order valence-electron chi connectivity index (χ3n) is 4.15. The van der Waals surface area contributed by atoms with Crippen molar-refractivity contribution in [2.75, 3.05) is 4.90 Å². The number of aromatic amines is 1. The van der Waals surface area contributed by atoms with Gasteiger partial charge in [0.25, 0.3) is 5.91 Å². The highest BCUT2D eigenvalue weighted by molar-refractivity contribution is 6.03. The molecule has 2 aromatic carbocycles. The molecular weight excluding hydrogens is 300 g/mol. The summed E-state index contributed by atoms with van der Waals surface area (Å²) in [6.45, 7) is 0.483. The zero-order valence-electron chi connectivity index (χ0n) is 13.2. The molecule has 0 atom stereocenters. The van der Waals surface area contributed by atoms with Gasteiger partial charge in [-0.3, -0.25) is 9.89 Å². The molecule has 4 rings (SSSR count). The molecule has 0 spiro atoms. The van der Waals surface area contributed by atoms with Crippen LogP contribution in [0.15, 0.2) is 60.7 Å². The van der Waals surface area contributed by atoms with Gasteiger partial charge in [-0.1, -0.05) is 48.5 Å². The van der Waals surface area contributed by atoms with Gasteiger partial charge < -0.3 is 4.90 Å². The Bertz CT molecular complexity index is 825. The lowest BCUT2D eigenvalue weighted by atomic mass is 10.2. The van der Waals surface area contributed by atoms with Gasteiger partial charge in [0, 0.05) is 11.6 Å². The summed E-state index contributed by atoms with van der Waals surface area (Å²) >= 11 is 0. The largest absolute Gasteiger partial charge is 0.301 e. The van der Waals surface area contributed by atoms with Crippen molar-refractivity contribution in [3.63, 3.8) is 0 Å². The third kappa shape index (κ3) is 3.06. The Balaban J connectivity index is 1.64. The van der Waals surface area contributed by atoms with Crippen molar-refractivity contribution in [3.05, 3.63) is 77.9 Å². The standard InChI is InChI=1S/C19H18N4O/c24-19(18-20-17(21-22-18)15-11-12-15)23(16-9-5-2-6-10-16)13-14-7-3-1-4-8-14/h1-10,15H,11-13H2,(H,20,21,22). The second-order valence-electron chi connectivity index (χ2n) is 6.03. The monoisotopic (exact) mass is 318 g/mol. The minimum Gasteiger partial charge on any atom is -0.301 e. The predicted octanol–water partition coefficient (Wildman–Crippen LogP) is 3.53. The highest BCUT2D eigenvalue weighted by Gasteiger charge is 2.29. The number of nitrogens with one attached hydrogen (secondary N) is 1. The molecule has 0 unspecified atom stereocenters. The predicted molar refractivity (Wildman–Crippen MR) is 91.8 cm³/mol. The molecule has 1 aliphatic rings. The van der Waals surface area contributed by atoms with Gasteiger partial charge in [0.2, 0.25) is 5.82 Å². The Morgan fingerprint density at radius 1 is 1.04 bits per heavy atom. The molecule has 0 bridgehead atoms. The lowest BCUT2D eigenvalue weighted by molar-refractivity contribution is 0.0975. The minimum absolute atomic E-state index is 0.187. The molecule has 0 saturated heterocycles. The highest BCUT2D eigenvalue weighted by Crippen LogP contribution is 2.37. The molecule has 120 valence electrons. The van der Waals surface area contributed by atoms with E-state index in [0.717, 1.165) is 29.9 Å². The van der Waals surface area contributed by atoms with Crippen LogP contribution in [-0.4, -0.2) is 21.1 Å². The van der Waals surface area contributed by atoms with E-state index in [1.165, 1.54) is 0 Å². The topological polar surface area (TPSA) is 61.9 Å². The Morgan fingerprint density at radius 3 is 2.38 bits per heavy atom. The number of amides is 1. The molecule has 5 nitrogen and oxygen atoms in total. The van der Waals surface area contributed by atoms with E-state index in [2.05, 4.69) is 15.2 Å². The molecule has 3 aromatic rings. The SMILES string of the molecule is O=C(c1n[nH]c(C2CC2)n1)N(Cc1ccccc1)c1ccccc1. The lowest BCUT2D eigenvalue weighted by Gasteiger charge is -2.21. The number of aromatic nitrogens is 3. The Labute approximate surface area is 140 Å². The van der Waals surface area contributed by atoms with Crippen LogP contribution in [0.2, 0.25) is 0 Å². The van der Waals surface area contributed by atoms with Gasteiger partial charge in [-0.15, -0.1) is 5.10 Å². The summed E-state index contributed by atoms with van der Waals surface area (Å²) in [6, 6.07) is 19.6. The number of nitrogens with zero attached hydrogens (tertiary/aromatic N) is 3. The van der Waals surface area contributed by atoms with Crippen molar-refractivity contribution in [1.82, 2.24) is 15.2 Å².